The molecule has 2 aromatic carbocycles. The molecule has 2 aromatic heterocycles. The van der Waals surface area contributed by atoms with Crippen molar-refractivity contribution in [3.63, 3.8) is 0 Å². The van der Waals surface area contributed by atoms with Crippen molar-refractivity contribution in [3.05, 3.63) is 72.2 Å². The number of aryl methyl sites for hydroxylation is 1. The predicted molar refractivity (Wildman–Crippen MR) is 164 cm³/mol. The normalized spacial score (nSPS) is 17.6. The lowest BCUT2D eigenvalue weighted by molar-refractivity contribution is -0.141. The molecule has 1 unspecified atom stereocenters. The number of carbonyl (C=O) groups excluding carboxylic acids is 2. The number of aliphatic hydroxyl groups excluding tert-OH is 1. The maximum absolute atomic E-state index is 13.5. The molecule has 2 fully saturated rings. The Hall–Kier alpha value is -4.62. The van der Waals surface area contributed by atoms with Crippen molar-refractivity contribution in [3.8, 4) is 17.0 Å². The topological polar surface area (TPSA) is 124 Å². The number of benzene rings is 2. The molecule has 236 valence electrons. The first-order valence-corrected chi connectivity index (χ1v) is 15.0. The van der Waals surface area contributed by atoms with Crippen LogP contribution < -0.4 is 15.4 Å². The van der Waals surface area contributed by atoms with Crippen LogP contribution in [0.2, 0.25) is 0 Å². The number of aromatic nitrogens is 3. The molecule has 0 bridgehead atoms. The fraction of sp³-hybridized carbons (Fsp3) is 0.375. The van der Waals surface area contributed by atoms with Crippen molar-refractivity contribution in [1.29, 1.82) is 0 Å². The third kappa shape index (κ3) is 6.45. The van der Waals surface area contributed by atoms with E-state index in [1.54, 1.807) is 46.6 Å². The molecule has 11 nitrogen and oxygen atoms in total. The third-order valence-corrected chi connectivity index (χ3v) is 8.50. The van der Waals surface area contributed by atoms with Gasteiger partial charge in [-0.2, -0.15) is 8.78 Å². The third-order valence-electron chi connectivity index (χ3n) is 8.50. The number of imidazole rings is 1. The Morgan fingerprint density at radius 3 is 2.60 bits per heavy atom. The van der Waals surface area contributed by atoms with E-state index in [0.29, 0.717) is 56.0 Å². The number of ether oxygens (including phenoxy) is 1. The summed E-state index contributed by atoms with van der Waals surface area (Å²) in [4.78, 5) is 39.2. The van der Waals surface area contributed by atoms with Crippen LogP contribution in [0.4, 0.5) is 20.3 Å². The van der Waals surface area contributed by atoms with Gasteiger partial charge in [0.25, 0.3) is 5.91 Å². The van der Waals surface area contributed by atoms with Crippen molar-refractivity contribution < 1.29 is 28.2 Å². The quantitative estimate of drug-likeness (QED) is 0.273. The van der Waals surface area contributed by atoms with E-state index in [1.807, 2.05) is 23.5 Å². The number of amides is 2. The van der Waals surface area contributed by atoms with E-state index in [9.17, 15) is 23.5 Å². The highest BCUT2D eigenvalue weighted by Crippen LogP contribution is 2.29. The minimum absolute atomic E-state index is 0.0631. The van der Waals surface area contributed by atoms with Gasteiger partial charge in [0.15, 0.2) is 11.5 Å². The van der Waals surface area contributed by atoms with E-state index >= 15 is 0 Å². The Labute approximate surface area is 258 Å². The van der Waals surface area contributed by atoms with Gasteiger partial charge in [-0.3, -0.25) is 14.0 Å². The summed E-state index contributed by atoms with van der Waals surface area (Å²) in [7, 11) is 0. The second-order valence-electron chi connectivity index (χ2n) is 11.3. The van der Waals surface area contributed by atoms with Crippen LogP contribution in [-0.4, -0.2) is 93.1 Å². The smallest absolute Gasteiger partial charge is 0.387 e. The van der Waals surface area contributed by atoms with Gasteiger partial charge >= 0.3 is 6.61 Å². The van der Waals surface area contributed by atoms with Crippen LogP contribution in [0.5, 0.6) is 5.75 Å². The number of carbonyl (C=O) groups is 2. The van der Waals surface area contributed by atoms with Crippen LogP contribution in [0.25, 0.3) is 16.9 Å². The van der Waals surface area contributed by atoms with Crippen molar-refractivity contribution in [2.45, 2.75) is 32.4 Å². The molecule has 0 aliphatic carbocycles. The highest BCUT2D eigenvalue weighted by Gasteiger charge is 2.34. The maximum atomic E-state index is 13.5. The van der Waals surface area contributed by atoms with Gasteiger partial charge in [-0.15, -0.1) is 0 Å². The number of piperazine rings is 1. The first-order valence-electron chi connectivity index (χ1n) is 15.0. The van der Waals surface area contributed by atoms with Crippen molar-refractivity contribution in [1.82, 2.24) is 29.5 Å². The number of likely N-dealkylation sites (tertiary alicyclic amines) is 1. The van der Waals surface area contributed by atoms with Gasteiger partial charge in [-0.1, -0.05) is 0 Å². The van der Waals surface area contributed by atoms with Crippen LogP contribution >= 0.6 is 0 Å². The molecule has 0 saturated carbocycles. The summed E-state index contributed by atoms with van der Waals surface area (Å²) in [6.07, 6.45) is 6.29. The van der Waals surface area contributed by atoms with E-state index in [2.05, 4.69) is 25.3 Å². The lowest BCUT2D eigenvalue weighted by atomic mass is 9.93. The molecule has 4 heterocycles. The Morgan fingerprint density at radius 1 is 1.11 bits per heavy atom. The summed E-state index contributed by atoms with van der Waals surface area (Å²) in [5.41, 5.74) is 4.23. The molecule has 0 spiro atoms. The number of rotatable bonds is 8. The highest BCUT2D eigenvalue weighted by molar-refractivity contribution is 5.96. The first kappa shape index (κ1) is 30.4. The number of halogens is 2. The number of piperidine rings is 1. The fourth-order valence-corrected chi connectivity index (χ4v) is 6.09. The van der Waals surface area contributed by atoms with Crippen LogP contribution in [0, 0.1) is 12.8 Å². The zero-order valence-electron chi connectivity index (χ0n) is 24.8. The van der Waals surface area contributed by atoms with Crippen LogP contribution in [0.15, 0.2) is 61.1 Å². The number of hydrogen-bond donors (Lipinski definition) is 3. The van der Waals surface area contributed by atoms with Gasteiger partial charge in [0.1, 0.15) is 5.75 Å². The number of aliphatic hydroxyl groups is 1. The summed E-state index contributed by atoms with van der Waals surface area (Å²) in [6.45, 7) is 1.83. The molecule has 4 aromatic rings. The van der Waals surface area contributed by atoms with Crippen molar-refractivity contribution >= 4 is 29.0 Å². The number of anilines is 2. The summed E-state index contributed by atoms with van der Waals surface area (Å²) in [5.74, 6) is 0.445. The monoisotopic (exact) mass is 619 g/mol. The second-order valence-corrected chi connectivity index (χ2v) is 11.3. The second kappa shape index (κ2) is 13.2. The van der Waals surface area contributed by atoms with E-state index < -0.39 is 6.61 Å². The Bertz CT molecular complexity index is 1670. The number of nitrogens with zero attached hydrogens (tertiary/aromatic N) is 5. The van der Waals surface area contributed by atoms with E-state index in [0.717, 1.165) is 29.1 Å². The lowest BCUT2D eigenvalue weighted by Crippen LogP contribution is -2.57. The molecule has 2 aliphatic heterocycles. The number of fused-ring (bicyclic) bond motifs is 1. The Balaban J connectivity index is 1.11. The van der Waals surface area contributed by atoms with E-state index in [-0.39, 0.29) is 36.1 Å². The van der Waals surface area contributed by atoms with Gasteiger partial charge in [-0.05, 0) is 67.8 Å². The predicted octanol–water partition coefficient (Wildman–Crippen LogP) is 3.69. The maximum Gasteiger partial charge on any atom is 0.387 e. The Morgan fingerprint density at radius 2 is 1.89 bits per heavy atom. The molecule has 6 rings (SSSR count). The van der Waals surface area contributed by atoms with E-state index in [4.69, 9.17) is 0 Å². The standard InChI is InChI=1S/C32H35F2N7O4/c1-20-16-23(38-28-29-37-18-27(41(29)15-11-36-28)21-2-5-25(6-3-21)45-32(33)34)4-7-26(20)31(44)39-12-8-22(9-13-39)30(43)40-14-10-35-17-24(40)19-42/h2-7,11,15-16,18,22,24,32,35,42H,8-10,12-14,17,19H2,1H3,(H,36,38). The van der Waals surface area contributed by atoms with Crippen LogP contribution in [-0.2, 0) is 4.79 Å². The minimum Gasteiger partial charge on any atom is -0.435 e. The molecule has 2 amide bonds. The zero-order chi connectivity index (χ0) is 31.5. The van der Waals surface area contributed by atoms with Crippen LogP contribution in [0.1, 0.15) is 28.8 Å². The molecule has 45 heavy (non-hydrogen) atoms. The van der Waals surface area contributed by atoms with Gasteiger partial charge in [0, 0.05) is 67.8 Å². The SMILES string of the molecule is Cc1cc(Nc2nccn3c(-c4ccc(OC(F)F)cc4)cnc23)ccc1C(=O)N1CCC(C(=O)N2CCNCC2CO)CC1. The highest BCUT2D eigenvalue weighted by atomic mass is 19.3. The molecule has 2 saturated heterocycles. The number of nitrogens with one attached hydrogen (secondary N) is 2. The van der Waals surface area contributed by atoms with Gasteiger partial charge < -0.3 is 30.3 Å². The molecule has 0 radical (unpaired) electrons. The van der Waals surface area contributed by atoms with Gasteiger partial charge in [0.2, 0.25) is 5.91 Å². The molecular weight excluding hydrogens is 584 g/mol. The molecule has 13 heteroatoms. The zero-order valence-corrected chi connectivity index (χ0v) is 24.8. The molecule has 2 aliphatic rings. The summed E-state index contributed by atoms with van der Waals surface area (Å²) in [5, 5.41) is 16.2. The summed E-state index contributed by atoms with van der Waals surface area (Å²) >= 11 is 0. The Kier molecular flexibility index (Phi) is 8.90. The minimum atomic E-state index is -2.89. The van der Waals surface area contributed by atoms with Crippen LogP contribution in [0.3, 0.4) is 0 Å². The van der Waals surface area contributed by atoms with E-state index in [1.165, 1.54) is 12.1 Å². The van der Waals surface area contributed by atoms with Crippen molar-refractivity contribution in [2.75, 3.05) is 44.6 Å². The largest absolute Gasteiger partial charge is 0.435 e. The number of hydrogen-bond acceptors (Lipinski definition) is 8. The molecule has 3 N–H and O–H groups in total. The average Bonchev–Trinajstić information content (AvgIpc) is 3.50. The molecule has 1 atom stereocenters. The van der Waals surface area contributed by atoms with Gasteiger partial charge in [-0.25, -0.2) is 9.97 Å². The fourth-order valence-electron chi connectivity index (χ4n) is 6.09. The molecular formula is C32H35F2N7O4. The average molecular weight is 620 g/mol. The number of alkyl halides is 2. The lowest BCUT2D eigenvalue weighted by Gasteiger charge is -2.39. The summed E-state index contributed by atoms with van der Waals surface area (Å²) in [6, 6.07) is 11.6. The summed E-state index contributed by atoms with van der Waals surface area (Å²) < 4.78 is 31.3. The van der Waals surface area contributed by atoms with Gasteiger partial charge in [0.05, 0.1) is 24.5 Å². The van der Waals surface area contributed by atoms with Crippen molar-refractivity contribution in [2.24, 2.45) is 5.92 Å². The first-order chi connectivity index (χ1) is 21.8.